The summed E-state index contributed by atoms with van der Waals surface area (Å²) in [5, 5.41) is 6.69. The zero-order valence-electron chi connectivity index (χ0n) is 18.1. The number of hydrogen-bond donors (Lipinski definition) is 1. The molecule has 0 spiro atoms. The molecule has 3 rings (SSSR count). The van der Waals surface area contributed by atoms with E-state index < -0.39 is 5.97 Å². The fourth-order valence-corrected chi connectivity index (χ4v) is 3.07. The van der Waals surface area contributed by atoms with Crippen LogP contribution in [0, 0.1) is 13.8 Å². The molecule has 1 heterocycles. The third-order valence-corrected chi connectivity index (χ3v) is 4.85. The number of para-hydroxylation sites is 1. The maximum atomic E-state index is 12.3. The van der Waals surface area contributed by atoms with E-state index in [-0.39, 0.29) is 18.4 Å². The van der Waals surface area contributed by atoms with E-state index in [0.717, 1.165) is 22.5 Å². The summed E-state index contributed by atoms with van der Waals surface area (Å²) in [6.07, 6.45) is 0. The summed E-state index contributed by atoms with van der Waals surface area (Å²) >= 11 is 0. The van der Waals surface area contributed by atoms with Crippen LogP contribution in [0.1, 0.15) is 52.7 Å². The second-order valence-corrected chi connectivity index (χ2v) is 7.48. The highest BCUT2D eigenvalue weighted by molar-refractivity contribution is 5.96. The molecule has 7 nitrogen and oxygen atoms in total. The van der Waals surface area contributed by atoms with Crippen molar-refractivity contribution in [3.8, 4) is 5.75 Å². The Bertz CT molecular complexity index is 1030. The SMILES string of the molecule is Cc1noc(C)c1COc1ccc(C(=O)OCC(=O)Nc2ccccc2C(C)C)cc1. The fraction of sp³-hybridized carbons (Fsp3) is 0.292. The third kappa shape index (κ3) is 5.72. The third-order valence-electron chi connectivity index (χ3n) is 4.85. The predicted molar refractivity (Wildman–Crippen MR) is 116 cm³/mol. The average Bonchev–Trinajstić information content (AvgIpc) is 3.08. The van der Waals surface area contributed by atoms with Crippen LogP contribution in [0.3, 0.4) is 0 Å². The van der Waals surface area contributed by atoms with Crippen LogP contribution in [-0.4, -0.2) is 23.6 Å². The number of amides is 1. The van der Waals surface area contributed by atoms with Gasteiger partial charge in [0.25, 0.3) is 5.91 Å². The van der Waals surface area contributed by atoms with Gasteiger partial charge in [0.2, 0.25) is 0 Å². The van der Waals surface area contributed by atoms with Crippen LogP contribution in [0.15, 0.2) is 53.1 Å². The minimum Gasteiger partial charge on any atom is -0.489 e. The number of carbonyl (C=O) groups excluding carboxylic acids is 2. The molecule has 3 aromatic rings. The number of benzene rings is 2. The number of carbonyl (C=O) groups is 2. The van der Waals surface area contributed by atoms with Gasteiger partial charge < -0.3 is 19.3 Å². The average molecular weight is 422 g/mol. The number of nitrogens with one attached hydrogen (secondary N) is 1. The summed E-state index contributed by atoms with van der Waals surface area (Å²) in [5.41, 5.74) is 3.76. The van der Waals surface area contributed by atoms with Crippen molar-refractivity contribution in [2.75, 3.05) is 11.9 Å². The highest BCUT2D eigenvalue weighted by atomic mass is 16.5. The Kier molecular flexibility index (Phi) is 7.07. The van der Waals surface area contributed by atoms with E-state index in [0.29, 0.717) is 23.7 Å². The Morgan fingerprint density at radius 1 is 1.06 bits per heavy atom. The Morgan fingerprint density at radius 2 is 1.77 bits per heavy atom. The first-order valence-corrected chi connectivity index (χ1v) is 10.1. The lowest BCUT2D eigenvalue weighted by atomic mass is 10.0. The minimum atomic E-state index is -0.579. The summed E-state index contributed by atoms with van der Waals surface area (Å²) in [6.45, 7) is 7.74. The Labute approximate surface area is 181 Å². The minimum absolute atomic E-state index is 0.261. The second kappa shape index (κ2) is 9.93. The lowest BCUT2D eigenvalue weighted by Crippen LogP contribution is -2.21. The number of nitrogens with zero attached hydrogens (tertiary/aromatic N) is 1. The molecule has 0 saturated carbocycles. The molecule has 0 saturated heterocycles. The van der Waals surface area contributed by atoms with Gasteiger partial charge in [-0.1, -0.05) is 37.2 Å². The first-order chi connectivity index (χ1) is 14.8. The van der Waals surface area contributed by atoms with Gasteiger partial charge >= 0.3 is 5.97 Å². The van der Waals surface area contributed by atoms with Crippen molar-refractivity contribution in [2.24, 2.45) is 0 Å². The summed E-state index contributed by atoms with van der Waals surface area (Å²) in [4.78, 5) is 24.5. The lowest BCUT2D eigenvalue weighted by Gasteiger charge is -2.13. The number of esters is 1. The van der Waals surface area contributed by atoms with Crippen LogP contribution >= 0.6 is 0 Å². The van der Waals surface area contributed by atoms with Gasteiger partial charge in [-0.25, -0.2) is 4.79 Å². The van der Waals surface area contributed by atoms with Gasteiger partial charge in [0.1, 0.15) is 18.1 Å². The standard InChI is InChI=1S/C24H26N2O5/c1-15(2)20-7-5-6-8-22(20)25-23(27)14-30-24(28)18-9-11-19(12-10-18)29-13-21-16(3)26-31-17(21)4/h5-12,15H,13-14H2,1-4H3,(H,25,27). The second-order valence-electron chi connectivity index (χ2n) is 7.48. The Morgan fingerprint density at radius 3 is 2.42 bits per heavy atom. The zero-order valence-corrected chi connectivity index (χ0v) is 18.1. The first kappa shape index (κ1) is 22.1. The van der Waals surface area contributed by atoms with Crippen LogP contribution in [0.2, 0.25) is 0 Å². The van der Waals surface area contributed by atoms with Gasteiger partial charge in [-0.15, -0.1) is 0 Å². The number of aryl methyl sites for hydroxylation is 2. The number of aromatic nitrogens is 1. The molecule has 0 aliphatic rings. The molecule has 1 N–H and O–H groups in total. The summed E-state index contributed by atoms with van der Waals surface area (Å²) in [5.74, 6) is 0.606. The number of rotatable bonds is 8. The van der Waals surface area contributed by atoms with Crippen molar-refractivity contribution < 1.29 is 23.6 Å². The molecule has 0 fully saturated rings. The number of anilines is 1. The molecule has 0 aliphatic heterocycles. The molecule has 2 aromatic carbocycles. The van der Waals surface area contributed by atoms with E-state index in [1.807, 2.05) is 52.0 Å². The van der Waals surface area contributed by atoms with Gasteiger partial charge in [0.05, 0.1) is 16.8 Å². The highest BCUT2D eigenvalue weighted by Crippen LogP contribution is 2.23. The van der Waals surface area contributed by atoms with E-state index >= 15 is 0 Å². The van der Waals surface area contributed by atoms with Crippen molar-refractivity contribution in [1.82, 2.24) is 5.16 Å². The molecule has 0 aliphatic carbocycles. The summed E-state index contributed by atoms with van der Waals surface area (Å²) in [7, 11) is 0. The maximum absolute atomic E-state index is 12.3. The fourth-order valence-electron chi connectivity index (χ4n) is 3.07. The van der Waals surface area contributed by atoms with E-state index in [9.17, 15) is 9.59 Å². The van der Waals surface area contributed by atoms with Crippen molar-refractivity contribution in [2.45, 2.75) is 40.2 Å². The summed E-state index contributed by atoms with van der Waals surface area (Å²) in [6, 6.07) is 14.1. The van der Waals surface area contributed by atoms with Gasteiger partial charge in [0.15, 0.2) is 6.61 Å². The predicted octanol–water partition coefficient (Wildman–Crippen LogP) is 4.79. The monoisotopic (exact) mass is 422 g/mol. The zero-order chi connectivity index (χ0) is 22.4. The largest absolute Gasteiger partial charge is 0.489 e. The van der Waals surface area contributed by atoms with Crippen LogP contribution in [0.4, 0.5) is 5.69 Å². The van der Waals surface area contributed by atoms with E-state index in [4.69, 9.17) is 14.0 Å². The highest BCUT2D eigenvalue weighted by Gasteiger charge is 2.14. The molecule has 7 heteroatoms. The normalized spacial score (nSPS) is 10.7. The van der Waals surface area contributed by atoms with Crippen molar-refractivity contribution >= 4 is 17.6 Å². The van der Waals surface area contributed by atoms with E-state index in [2.05, 4.69) is 10.5 Å². The van der Waals surface area contributed by atoms with Gasteiger partial charge in [-0.05, 0) is 55.7 Å². The molecule has 0 bridgehead atoms. The van der Waals surface area contributed by atoms with Crippen LogP contribution in [0.25, 0.3) is 0 Å². The molecular weight excluding hydrogens is 396 g/mol. The Balaban J connectivity index is 1.51. The Hall–Kier alpha value is -3.61. The van der Waals surface area contributed by atoms with Gasteiger partial charge in [0, 0.05) is 5.69 Å². The van der Waals surface area contributed by atoms with Gasteiger partial charge in [-0.3, -0.25) is 4.79 Å². The molecule has 0 atom stereocenters. The van der Waals surface area contributed by atoms with E-state index in [1.165, 1.54) is 0 Å². The lowest BCUT2D eigenvalue weighted by molar-refractivity contribution is -0.119. The van der Waals surface area contributed by atoms with Crippen molar-refractivity contribution in [1.29, 1.82) is 0 Å². The molecule has 162 valence electrons. The molecule has 1 amide bonds. The topological polar surface area (TPSA) is 90.7 Å². The van der Waals surface area contributed by atoms with Crippen LogP contribution in [0.5, 0.6) is 5.75 Å². The molecule has 31 heavy (non-hydrogen) atoms. The molecule has 0 radical (unpaired) electrons. The van der Waals surface area contributed by atoms with Crippen molar-refractivity contribution in [3.63, 3.8) is 0 Å². The molecule has 0 unspecified atom stereocenters. The van der Waals surface area contributed by atoms with Crippen LogP contribution < -0.4 is 10.1 Å². The summed E-state index contributed by atoms with van der Waals surface area (Å²) < 4.78 is 16.0. The number of ether oxygens (including phenoxy) is 2. The molecular formula is C24H26N2O5. The molecule has 1 aromatic heterocycles. The van der Waals surface area contributed by atoms with Crippen molar-refractivity contribution in [3.05, 3.63) is 76.7 Å². The van der Waals surface area contributed by atoms with Gasteiger partial charge in [-0.2, -0.15) is 0 Å². The van der Waals surface area contributed by atoms with E-state index in [1.54, 1.807) is 24.3 Å². The quantitative estimate of drug-likeness (QED) is 0.525. The van der Waals surface area contributed by atoms with Crippen LogP contribution in [-0.2, 0) is 16.1 Å². The smallest absolute Gasteiger partial charge is 0.338 e. The first-order valence-electron chi connectivity index (χ1n) is 10.1. The maximum Gasteiger partial charge on any atom is 0.338 e. The number of hydrogen-bond acceptors (Lipinski definition) is 6.